The van der Waals surface area contributed by atoms with Crippen LogP contribution in [0.15, 0.2) is 0 Å². The lowest BCUT2D eigenvalue weighted by molar-refractivity contribution is -0.910. The van der Waals surface area contributed by atoms with Crippen molar-refractivity contribution in [3.63, 3.8) is 0 Å². The highest BCUT2D eigenvalue weighted by Crippen LogP contribution is 2.18. The zero-order valence-electron chi connectivity index (χ0n) is 30.4. The van der Waals surface area contributed by atoms with Crippen LogP contribution in [0.5, 0.6) is 0 Å². The van der Waals surface area contributed by atoms with Gasteiger partial charge in [0.05, 0.1) is 36.8 Å². The Kier molecular flexibility index (Phi) is 36.3. The number of unbranched alkanes of at least 4 members (excludes halogenated alkanes) is 27. The molecule has 0 rings (SSSR count). The van der Waals surface area contributed by atoms with E-state index in [1.807, 2.05) is 0 Å². The second-order valence-electron chi connectivity index (χ2n) is 14.0. The van der Waals surface area contributed by atoms with E-state index in [0.29, 0.717) is 6.26 Å². The molecule has 262 valence electrons. The van der Waals surface area contributed by atoms with Gasteiger partial charge in [-0.1, -0.05) is 175 Å². The van der Waals surface area contributed by atoms with Crippen LogP contribution >= 0.6 is 0 Å². The first kappa shape index (κ1) is 45.0. The van der Waals surface area contributed by atoms with Gasteiger partial charge in [-0.3, -0.25) is 0 Å². The van der Waals surface area contributed by atoms with E-state index in [2.05, 4.69) is 27.8 Å². The third-order valence-electron chi connectivity index (χ3n) is 9.15. The average Bonchev–Trinajstić information content (AvgIpc) is 2.95. The highest BCUT2D eigenvalue weighted by Gasteiger charge is 2.20. The Morgan fingerprint density at radius 2 is 0.512 bits per heavy atom. The molecule has 5 heteroatoms. The number of nitrogens with zero attached hydrogens (tertiary/aromatic N) is 1. The molecule has 0 N–H and O–H groups in total. The Morgan fingerprint density at radius 1 is 0.372 bits per heavy atom. The van der Waals surface area contributed by atoms with Crippen molar-refractivity contribution in [1.29, 1.82) is 0 Å². The van der Waals surface area contributed by atoms with E-state index in [1.165, 1.54) is 217 Å². The molecule has 0 aliphatic rings. The van der Waals surface area contributed by atoms with Crippen LogP contribution in [-0.4, -0.2) is 50.4 Å². The molecule has 43 heavy (non-hydrogen) atoms. The van der Waals surface area contributed by atoms with Gasteiger partial charge in [-0.25, -0.2) is 8.42 Å². The summed E-state index contributed by atoms with van der Waals surface area (Å²) >= 11 is 0. The summed E-state index contributed by atoms with van der Waals surface area (Å²) in [5, 5.41) is 0. The molecule has 0 aliphatic carbocycles. The van der Waals surface area contributed by atoms with Gasteiger partial charge in [-0.15, -0.1) is 0 Å². The Morgan fingerprint density at radius 3 is 0.674 bits per heavy atom. The molecule has 0 bridgehead atoms. The minimum absolute atomic E-state index is 0.604. The first-order valence-corrected chi connectivity index (χ1v) is 21.2. The van der Waals surface area contributed by atoms with Crippen molar-refractivity contribution in [2.24, 2.45) is 0 Å². The first-order valence-electron chi connectivity index (χ1n) is 19.4. The molecule has 0 fully saturated rings. The molecular weight excluding hydrogens is 550 g/mol. The smallest absolute Gasteiger partial charge is 0.0916 e. The molecule has 0 aliphatic heterocycles. The fourth-order valence-corrected chi connectivity index (χ4v) is 6.28. The lowest BCUT2D eigenvalue weighted by Gasteiger charge is -2.35. The van der Waals surface area contributed by atoms with Crippen molar-refractivity contribution in [2.75, 3.05) is 32.9 Å². The van der Waals surface area contributed by atoms with Crippen molar-refractivity contribution in [3.05, 3.63) is 0 Å². The van der Waals surface area contributed by atoms with Gasteiger partial charge in [0.15, 0.2) is 0 Å². The standard InChI is InChI=1S/C37H78N.CH4O3S/c1-5-8-11-14-17-20-23-26-29-32-35-38(4,36-33-30-27-24-21-18-15-12-9-6-2)37-34-31-28-25-22-19-16-13-10-7-3;1-5(2,3)4/h5-37H2,1-4H3;1H3,(H,2,3,4)/q+1;/p-1. The van der Waals surface area contributed by atoms with E-state index < -0.39 is 10.1 Å². The van der Waals surface area contributed by atoms with Gasteiger partial charge in [-0.2, -0.15) is 0 Å². The Hall–Kier alpha value is -0.130. The maximum Gasteiger partial charge on any atom is 0.0916 e. The highest BCUT2D eigenvalue weighted by molar-refractivity contribution is 7.84. The van der Waals surface area contributed by atoms with Gasteiger partial charge < -0.3 is 9.04 Å². The molecule has 0 amide bonds. The van der Waals surface area contributed by atoms with Crippen LogP contribution in [0, 0.1) is 0 Å². The van der Waals surface area contributed by atoms with E-state index in [9.17, 15) is 0 Å². The van der Waals surface area contributed by atoms with Crippen LogP contribution in [0.2, 0.25) is 0 Å². The minimum atomic E-state index is -3.92. The second-order valence-corrected chi connectivity index (χ2v) is 15.4. The number of rotatable bonds is 33. The summed E-state index contributed by atoms with van der Waals surface area (Å²) in [4.78, 5) is 0. The predicted octanol–water partition coefficient (Wildman–Crippen LogP) is 12.4. The van der Waals surface area contributed by atoms with Crippen LogP contribution in [0.4, 0.5) is 0 Å². The third kappa shape index (κ3) is 44.1. The molecule has 0 heterocycles. The topological polar surface area (TPSA) is 57.2 Å². The quantitative estimate of drug-likeness (QED) is 0.0411. The second kappa shape index (κ2) is 34.7. The summed E-state index contributed by atoms with van der Waals surface area (Å²) in [5.74, 6) is 0. The molecule has 0 aromatic heterocycles. The van der Waals surface area contributed by atoms with E-state index in [1.54, 1.807) is 0 Å². The molecular formula is C38H81NO3S. The zero-order chi connectivity index (χ0) is 32.3. The molecule has 0 aromatic carbocycles. The number of quaternary nitrogens is 1. The van der Waals surface area contributed by atoms with Crippen LogP contribution in [0.3, 0.4) is 0 Å². The summed E-state index contributed by atoms with van der Waals surface area (Å²) in [6, 6.07) is 0. The van der Waals surface area contributed by atoms with Crippen molar-refractivity contribution in [2.45, 2.75) is 213 Å². The van der Waals surface area contributed by atoms with E-state index in [4.69, 9.17) is 13.0 Å². The minimum Gasteiger partial charge on any atom is -0.748 e. The summed E-state index contributed by atoms with van der Waals surface area (Å²) in [7, 11) is -1.31. The fourth-order valence-electron chi connectivity index (χ4n) is 6.28. The molecule has 0 saturated carbocycles. The maximum absolute atomic E-state index is 9.08. The Balaban J connectivity index is 0. The summed E-state index contributed by atoms with van der Waals surface area (Å²) in [6.45, 7) is 11.3. The van der Waals surface area contributed by atoms with Gasteiger partial charge in [0.1, 0.15) is 0 Å². The molecule has 4 nitrogen and oxygen atoms in total. The molecule has 0 unspecified atom stereocenters. The molecule has 0 radical (unpaired) electrons. The lowest BCUT2D eigenvalue weighted by atomic mass is 10.0. The van der Waals surface area contributed by atoms with Crippen molar-refractivity contribution in [1.82, 2.24) is 0 Å². The van der Waals surface area contributed by atoms with Gasteiger partial charge in [0, 0.05) is 6.26 Å². The number of hydrogen-bond donors (Lipinski definition) is 0. The molecule has 0 spiro atoms. The maximum atomic E-state index is 9.08. The van der Waals surface area contributed by atoms with E-state index in [-0.39, 0.29) is 0 Å². The molecule has 0 atom stereocenters. The third-order valence-corrected chi connectivity index (χ3v) is 9.15. The monoisotopic (exact) mass is 632 g/mol. The summed E-state index contributed by atoms with van der Waals surface area (Å²) in [5.41, 5.74) is 0. The largest absolute Gasteiger partial charge is 0.748 e. The van der Waals surface area contributed by atoms with Gasteiger partial charge >= 0.3 is 0 Å². The van der Waals surface area contributed by atoms with Crippen molar-refractivity contribution >= 4 is 10.1 Å². The first-order chi connectivity index (χ1) is 20.7. The van der Waals surface area contributed by atoms with Crippen molar-refractivity contribution < 1.29 is 17.5 Å². The van der Waals surface area contributed by atoms with Gasteiger partial charge in [-0.05, 0) is 38.5 Å². The van der Waals surface area contributed by atoms with E-state index in [0.717, 1.165) is 0 Å². The number of hydrogen-bond acceptors (Lipinski definition) is 3. The fraction of sp³-hybridized carbons (Fsp3) is 1.00. The van der Waals surface area contributed by atoms with Gasteiger partial charge in [0.2, 0.25) is 0 Å². The Bertz CT molecular complexity index is 555. The van der Waals surface area contributed by atoms with Crippen LogP contribution in [0.25, 0.3) is 0 Å². The SMILES string of the molecule is CCCCCCCCCCCC[N+](C)(CCCCCCCCCCCC)CCCCCCCCCCCC.CS(=O)(=O)[O-]. The van der Waals surface area contributed by atoms with Gasteiger partial charge in [0.25, 0.3) is 0 Å². The average molecular weight is 632 g/mol. The summed E-state index contributed by atoms with van der Waals surface area (Å²) in [6.07, 6.45) is 44.4. The van der Waals surface area contributed by atoms with Crippen LogP contribution in [-0.2, 0) is 10.1 Å². The highest BCUT2D eigenvalue weighted by atomic mass is 32.2. The lowest BCUT2D eigenvalue weighted by Crippen LogP contribution is -2.46. The van der Waals surface area contributed by atoms with Crippen LogP contribution < -0.4 is 0 Å². The van der Waals surface area contributed by atoms with Crippen molar-refractivity contribution in [3.8, 4) is 0 Å². The molecule has 0 aromatic rings. The van der Waals surface area contributed by atoms with Crippen LogP contribution in [0.1, 0.15) is 213 Å². The molecule has 0 saturated heterocycles. The van der Waals surface area contributed by atoms with E-state index >= 15 is 0 Å². The zero-order valence-corrected chi connectivity index (χ0v) is 31.2. The predicted molar refractivity (Wildman–Crippen MR) is 192 cm³/mol. The summed E-state index contributed by atoms with van der Waals surface area (Å²) < 4.78 is 28.6. The Labute approximate surface area is 273 Å². The normalized spacial score (nSPS) is 12.0.